The number of amides is 3. The number of imide groups is 1. The second kappa shape index (κ2) is 7.45. The zero-order chi connectivity index (χ0) is 16.1. The van der Waals surface area contributed by atoms with Gasteiger partial charge in [0.25, 0.3) is 11.8 Å². The van der Waals surface area contributed by atoms with Crippen LogP contribution in [0.25, 0.3) is 0 Å². The molecule has 0 aliphatic carbocycles. The Morgan fingerprint density at radius 3 is 2.32 bits per heavy atom. The molecule has 2 rings (SSSR count). The number of carbonyl (C=O) groups is 3. The second-order valence-corrected chi connectivity index (χ2v) is 6.66. The highest BCUT2D eigenvalue weighted by molar-refractivity contribution is 7.99. The van der Waals surface area contributed by atoms with Gasteiger partial charge in [0.2, 0.25) is 5.91 Å². The predicted octanol–water partition coefficient (Wildman–Crippen LogP) is 1.79. The van der Waals surface area contributed by atoms with Crippen molar-refractivity contribution in [2.45, 2.75) is 13.8 Å². The number of benzene rings is 1. The first-order chi connectivity index (χ1) is 10.5. The maximum atomic E-state index is 12.1. The molecule has 3 amide bonds. The molecular formula is C16H20N2O3S. The third-order valence-corrected chi connectivity index (χ3v) is 4.22. The van der Waals surface area contributed by atoms with Crippen LogP contribution in [0, 0.1) is 5.92 Å². The molecule has 0 fully saturated rings. The minimum Gasteiger partial charge on any atom is -0.355 e. The summed E-state index contributed by atoms with van der Waals surface area (Å²) in [5.41, 5.74) is 0.930. The Morgan fingerprint density at radius 2 is 1.77 bits per heavy atom. The number of rotatable bonds is 7. The smallest absolute Gasteiger partial charge is 0.261 e. The first-order valence-corrected chi connectivity index (χ1v) is 8.46. The molecule has 1 N–H and O–H groups in total. The largest absolute Gasteiger partial charge is 0.355 e. The Bertz CT molecular complexity index is 552. The third kappa shape index (κ3) is 3.88. The normalized spacial score (nSPS) is 13.7. The highest BCUT2D eigenvalue weighted by Gasteiger charge is 2.34. The van der Waals surface area contributed by atoms with Crippen LogP contribution < -0.4 is 5.32 Å². The van der Waals surface area contributed by atoms with Gasteiger partial charge in [0, 0.05) is 18.8 Å². The lowest BCUT2D eigenvalue weighted by molar-refractivity contribution is -0.118. The van der Waals surface area contributed by atoms with Crippen molar-refractivity contribution < 1.29 is 14.4 Å². The van der Waals surface area contributed by atoms with Gasteiger partial charge in [0.05, 0.1) is 16.9 Å². The van der Waals surface area contributed by atoms with Crippen molar-refractivity contribution in [3.05, 3.63) is 35.4 Å². The van der Waals surface area contributed by atoms with Gasteiger partial charge in [-0.15, -0.1) is 0 Å². The zero-order valence-corrected chi connectivity index (χ0v) is 13.6. The third-order valence-electron chi connectivity index (χ3n) is 3.28. The minimum atomic E-state index is -0.245. The summed E-state index contributed by atoms with van der Waals surface area (Å²) in [5, 5.41) is 2.83. The molecule has 118 valence electrons. The van der Waals surface area contributed by atoms with Crippen LogP contribution in [0.2, 0.25) is 0 Å². The lowest BCUT2D eigenvalue weighted by Gasteiger charge is -2.13. The first-order valence-electron chi connectivity index (χ1n) is 7.30. The van der Waals surface area contributed by atoms with Gasteiger partial charge in [-0.25, -0.2) is 0 Å². The Hall–Kier alpha value is -1.82. The fourth-order valence-electron chi connectivity index (χ4n) is 2.13. The fraction of sp³-hybridized carbons (Fsp3) is 0.438. The monoisotopic (exact) mass is 320 g/mol. The molecule has 0 aromatic heterocycles. The standard InChI is InChI=1S/C16H20N2O3S/c1-11(2)9-17-14(19)10-22-8-7-18-15(20)12-5-3-4-6-13(12)16(18)21/h3-6,11H,7-10H2,1-2H3,(H,17,19). The van der Waals surface area contributed by atoms with Crippen LogP contribution in [-0.4, -0.2) is 47.2 Å². The molecule has 6 heteroatoms. The summed E-state index contributed by atoms with van der Waals surface area (Å²) in [6.07, 6.45) is 0. The zero-order valence-electron chi connectivity index (χ0n) is 12.8. The van der Waals surface area contributed by atoms with Gasteiger partial charge in [0.15, 0.2) is 0 Å². The van der Waals surface area contributed by atoms with Crippen LogP contribution in [0.15, 0.2) is 24.3 Å². The highest BCUT2D eigenvalue weighted by Crippen LogP contribution is 2.22. The van der Waals surface area contributed by atoms with E-state index in [9.17, 15) is 14.4 Å². The number of nitrogens with one attached hydrogen (secondary N) is 1. The van der Waals surface area contributed by atoms with Gasteiger partial charge < -0.3 is 5.32 Å². The number of fused-ring (bicyclic) bond motifs is 1. The summed E-state index contributed by atoms with van der Waals surface area (Å²) in [6, 6.07) is 6.84. The molecule has 0 spiro atoms. The quantitative estimate of drug-likeness (QED) is 0.614. The molecule has 1 aliphatic rings. The van der Waals surface area contributed by atoms with Crippen LogP contribution >= 0.6 is 11.8 Å². The summed E-state index contributed by atoms with van der Waals surface area (Å²) < 4.78 is 0. The van der Waals surface area contributed by atoms with E-state index in [4.69, 9.17) is 0 Å². The maximum absolute atomic E-state index is 12.1. The topological polar surface area (TPSA) is 66.5 Å². The number of carbonyl (C=O) groups excluding carboxylic acids is 3. The SMILES string of the molecule is CC(C)CNC(=O)CSCCN1C(=O)c2ccccc2C1=O. The van der Waals surface area contributed by atoms with Gasteiger partial charge in [-0.1, -0.05) is 26.0 Å². The van der Waals surface area contributed by atoms with E-state index in [1.807, 2.05) is 13.8 Å². The minimum absolute atomic E-state index is 0.0129. The molecule has 22 heavy (non-hydrogen) atoms. The van der Waals surface area contributed by atoms with Crippen LogP contribution in [-0.2, 0) is 4.79 Å². The van der Waals surface area contributed by atoms with Crippen LogP contribution in [0.4, 0.5) is 0 Å². The molecule has 0 atom stereocenters. The Morgan fingerprint density at radius 1 is 1.18 bits per heavy atom. The Balaban J connectivity index is 1.76. The Kier molecular flexibility index (Phi) is 5.60. The first kappa shape index (κ1) is 16.5. The number of nitrogens with zero attached hydrogens (tertiary/aromatic N) is 1. The summed E-state index contributed by atoms with van der Waals surface area (Å²) in [5.74, 6) is 0.820. The summed E-state index contributed by atoms with van der Waals surface area (Å²) >= 11 is 1.42. The summed E-state index contributed by atoms with van der Waals surface area (Å²) in [7, 11) is 0. The number of hydrogen-bond acceptors (Lipinski definition) is 4. The lowest BCUT2D eigenvalue weighted by Crippen LogP contribution is -2.32. The predicted molar refractivity (Wildman–Crippen MR) is 87.0 cm³/mol. The van der Waals surface area contributed by atoms with Crippen molar-refractivity contribution in [3.8, 4) is 0 Å². The summed E-state index contributed by atoms with van der Waals surface area (Å²) in [6.45, 7) is 5.07. The van der Waals surface area contributed by atoms with Crippen molar-refractivity contribution in [1.82, 2.24) is 10.2 Å². The van der Waals surface area contributed by atoms with Gasteiger partial charge in [-0.05, 0) is 18.1 Å². The number of hydrogen-bond donors (Lipinski definition) is 1. The van der Waals surface area contributed by atoms with Gasteiger partial charge in [-0.3, -0.25) is 19.3 Å². The molecule has 0 unspecified atom stereocenters. The molecule has 0 radical (unpaired) electrons. The van der Waals surface area contributed by atoms with E-state index in [-0.39, 0.29) is 17.7 Å². The number of thioether (sulfide) groups is 1. The van der Waals surface area contributed by atoms with Crippen LogP contribution in [0.1, 0.15) is 34.6 Å². The lowest BCUT2D eigenvalue weighted by atomic mass is 10.1. The van der Waals surface area contributed by atoms with E-state index < -0.39 is 0 Å². The van der Waals surface area contributed by atoms with E-state index in [1.54, 1.807) is 24.3 Å². The molecule has 0 saturated heterocycles. The van der Waals surface area contributed by atoms with Crippen molar-refractivity contribution >= 4 is 29.5 Å². The molecule has 1 heterocycles. The molecule has 5 nitrogen and oxygen atoms in total. The highest BCUT2D eigenvalue weighted by atomic mass is 32.2. The van der Waals surface area contributed by atoms with Crippen LogP contribution in [0.3, 0.4) is 0 Å². The molecule has 1 aromatic carbocycles. The molecule has 0 bridgehead atoms. The van der Waals surface area contributed by atoms with E-state index >= 15 is 0 Å². The van der Waals surface area contributed by atoms with Crippen molar-refractivity contribution in [1.29, 1.82) is 0 Å². The van der Waals surface area contributed by atoms with E-state index in [0.717, 1.165) is 0 Å². The maximum Gasteiger partial charge on any atom is 0.261 e. The van der Waals surface area contributed by atoms with E-state index in [0.29, 0.717) is 41.6 Å². The Labute approximate surface area is 134 Å². The van der Waals surface area contributed by atoms with Crippen LogP contribution in [0.5, 0.6) is 0 Å². The van der Waals surface area contributed by atoms with E-state index in [1.165, 1.54) is 16.7 Å². The molecular weight excluding hydrogens is 300 g/mol. The van der Waals surface area contributed by atoms with Gasteiger partial charge in [-0.2, -0.15) is 11.8 Å². The second-order valence-electron chi connectivity index (χ2n) is 5.56. The summed E-state index contributed by atoms with van der Waals surface area (Å²) in [4.78, 5) is 37.1. The van der Waals surface area contributed by atoms with Crippen molar-refractivity contribution in [2.75, 3.05) is 24.6 Å². The molecule has 0 saturated carbocycles. The average molecular weight is 320 g/mol. The van der Waals surface area contributed by atoms with Gasteiger partial charge >= 0.3 is 0 Å². The van der Waals surface area contributed by atoms with Crippen molar-refractivity contribution in [2.24, 2.45) is 5.92 Å². The fourth-order valence-corrected chi connectivity index (χ4v) is 2.88. The average Bonchev–Trinajstić information content (AvgIpc) is 2.74. The van der Waals surface area contributed by atoms with E-state index in [2.05, 4.69) is 5.32 Å². The molecule has 1 aliphatic heterocycles. The van der Waals surface area contributed by atoms with Crippen molar-refractivity contribution in [3.63, 3.8) is 0 Å². The van der Waals surface area contributed by atoms with Gasteiger partial charge in [0.1, 0.15) is 0 Å². The molecule has 1 aromatic rings.